The lowest BCUT2D eigenvalue weighted by Gasteiger charge is -2.00. The molecule has 0 saturated carbocycles. The number of amides is 2. The molecular formula is C7H14N2O2. The van der Waals surface area contributed by atoms with Crippen molar-refractivity contribution < 1.29 is 9.59 Å². The van der Waals surface area contributed by atoms with Crippen molar-refractivity contribution in [1.82, 2.24) is 5.32 Å². The number of carbonyl (C=O) groups excluding carboxylic acids is 2. The van der Waals surface area contributed by atoms with Gasteiger partial charge in [0.25, 0.3) is 0 Å². The summed E-state index contributed by atoms with van der Waals surface area (Å²) in [6.45, 7) is 2.63. The summed E-state index contributed by atoms with van der Waals surface area (Å²) in [4.78, 5) is 21.0. The molecule has 0 fully saturated rings. The zero-order valence-electron chi connectivity index (χ0n) is 6.72. The third kappa shape index (κ3) is 6.83. The molecule has 0 rings (SSSR count). The number of nitrogens with two attached hydrogens (primary N) is 1. The van der Waals surface area contributed by atoms with E-state index in [1.54, 1.807) is 0 Å². The van der Waals surface area contributed by atoms with Crippen molar-refractivity contribution in [3.8, 4) is 0 Å². The first kappa shape index (κ1) is 9.94. The molecule has 0 saturated heterocycles. The van der Waals surface area contributed by atoms with Gasteiger partial charge in [-0.15, -0.1) is 0 Å². The molecule has 0 aromatic heterocycles. The van der Waals surface area contributed by atoms with Crippen LogP contribution in [-0.2, 0) is 9.59 Å². The maximum absolute atomic E-state index is 10.8. The number of hydrogen-bond acceptors (Lipinski definition) is 2. The number of rotatable bonds is 5. The second-order valence-corrected chi connectivity index (χ2v) is 2.32. The molecule has 0 spiro atoms. The van der Waals surface area contributed by atoms with Crippen LogP contribution in [0.4, 0.5) is 0 Å². The fourth-order valence-electron chi connectivity index (χ4n) is 0.590. The van der Waals surface area contributed by atoms with Gasteiger partial charge in [-0.2, -0.15) is 0 Å². The van der Waals surface area contributed by atoms with E-state index in [1.807, 2.05) is 6.92 Å². The molecule has 0 heterocycles. The third-order valence-electron chi connectivity index (χ3n) is 1.17. The molecule has 4 heteroatoms. The lowest BCUT2D eigenvalue weighted by atomic mass is 10.3. The average Bonchev–Trinajstić information content (AvgIpc) is 1.97. The smallest absolute Gasteiger partial charge is 0.220 e. The van der Waals surface area contributed by atoms with Crippen molar-refractivity contribution in [2.24, 2.45) is 5.73 Å². The van der Waals surface area contributed by atoms with Gasteiger partial charge in [0, 0.05) is 19.4 Å². The largest absolute Gasteiger partial charge is 0.370 e. The molecular weight excluding hydrogens is 144 g/mol. The standard InChI is InChI=1S/C7H14N2O2/c1-2-5-9-7(11)4-3-6(8)10/h2-5H2,1H3,(H2,8,10)(H,9,11). The van der Waals surface area contributed by atoms with Crippen molar-refractivity contribution in [3.63, 3.8) is 0 Å². The Balaban J connectivity index is 3.30. The fraction of sp³-hybridized carbons (Fsp3) is 0.714. The van der Waals surface area contributed by atoms with Gasteiger partial charge in [-0.3, -0.25) is 9.59 Å². The molecule has 0 aromatic carbocycles. The summed E-state index contributed by atoms with van der Waals surface area (Å²) in [6, 6.07) is 0. The third-order valence-corrected chi connectivity index (χ3v) is 1.17. The van der Waals surface area contributed by atoms with E-state index in [2.05, 4.69) is 5.32 Å². The predicted octanol–water partition coefficient (Wildman–Crippen LogP) is -0.222. The molecule has 11 heavy (non-hydrogen) atoms. The minimum atomic E-state index is -0.434. The van der Waals surface area contributed by atoms with Crippen LogP contribution in [0, 0.1) is 0 Å². The van der Waals surface area contributed by atoms with E-state index >= 15 is 0 Å². The Kier molecular flexibility index (Phi) is 5.15. The molecule has 4 nitrogen and oxygen atoms in total. The quantitative estimate of drug-likeness (QED) is 0.580. The number of primary amides is 1. The van der Waals surface area contributed by atoms with Gasteiger partial charge >= 0.3 is 0 Å². The average molecular weight is 158 g/mol. The second kappa shape index (κ2) is 5.70. The minimum absolute atomic E-state index is 0.106. The van der Waals surface area contributed by atoms with Crippen molar-refractivity contribution in [2.45, 2.75) is 26.2 Å². The molecule has 0 aliphatic rings. The lowest BCUT2D eigenvalue weighted by molar-refractivity contribution is -0.125. The summed E-state index contributed by atoms with van der Waals surface area (Å²) < 4.78 is 0. The Labute approximate surface area is 66.1 Å². The normalized spacial score (nSPS) is 9.18. The van der Waals surface area contributed by atoms with Crippen molar-refractivity contribution in [3.05, 3.63) is 0 Å². The molecule has 0 unspecified atom stereocenters. The topological polar surface area (TPSA) is 72.2 Å². The molecule has 0 bridgehead atoms. The van der Waals surface area contributed by atoms with E-state index in [0.29, 0.717) is 6.54 Å². The van der Waals surface area contributed by atoms with Crippen LogP contribution >= 0.6 is 0 Å². The Morgan fingerprint density at radius 2 is 2.00 bits per heavy atom. The molecule has 2 amide bonds. The Bertz CT molecular complexity index is 145. The van der Waals surface area contributed by atoms with Crippen LogP contribution in [0.3, 0.4) is 0 Å². The minimum Gasteiger partial charge on any atom is -0.370 e. The maximum atomic E-state index is 10.8. The highest BCUT2D eigenvalue weighted by Crippen LogP contribution is 1.86. The lowest BCUT2D eigenvalue weighted by Crippen LogP contribution is -2.25. The first-order valence-corrected chi connectivity index (χ1v) is 3.71. The maximum Gasteiger partial charge on any atom is 0.220 e. The van der Waals surface area contributed by atoms with E-state index in [4.69, 9.17) is 5.73 Å². The summed E-state index contributed by atoms with van der Waals surface area (Å²) in [5.74, 6) is -0.540. The van der Waals surface area contributed by atoms with Gasteiger partial charge in [0.15, 0.2) is 0 Å². The molecule has 0 aliphatic carbocycles. The van der Waals surface area contributed by atoms with E-state index in [-0.39, 0.29) is 18.7 Å². The molecule has 0 radical (unpaired) electrons. The van der Waals surface area contributed by atoms with Gasteiger partial charge in [-0.05, 0) is 6.42 Å². The number of carbonyl (C=O) groups is 2. The van der Waals surface area contributed by atoms with Crippen LogP contribution < -0.4 is 11.1 Å². The highest BCUT2D eigenvalue weighted by Gasteiger charge is 2.01. The fourth-order valence-corrected chi connectivity index (χ4v) is 0.590. The van der Waals surface area contributed by atoms with Crippen LogP contribution in [0.5, 0.6) is 0 Å². The van der Waals surface area contributed by atoms with E-state index in [1.165, 1.54) is 0 Å². The van der Waals surface area contributed by atoms with Crippen LogP contribution in [0.1, 0.15) is 26.2 Å². The van der Waals surface area contributed by atoms with Gasteiger partial charge in [0.1, 0.15) is 0 Å². The molecule has 0 aromatic rings. The van der Waals surface area contributed by atoms with Crippen LogP contribution in [0.15, 0.2) is 0 Å². The van der Waals surface area contributed by atoms with Gasteiger partial charge < -0.3 is 11.1 Å². The Morgan fingerprint density at radius 1 is 1.36 bits per heavy atom. The zero-order valence-corrected chi connectivity index (χ0v) is 6.72. The Morgan fingerprint density at radius 3 is 2.45 bits per heavy atom. The first-order chi connectivity index (χ1) is 5.16. The molecule has 0 atom stereocenters. The summed E-state index contributed by atoms with van der Waals surface area (Å²) in [6.07, 6.45) is 1.24. The second-order valence-electron chi connectivity index (χ2n) is 2.32. The molecule has 3 N–H and O–H groups in total. The van der Waals surface area contributed by atoms with Crippen molar-refractivity contribution in [1.29, 1.82) is 0 Å². The first-order valence-electron chi connectivity index (χ1n) is 3.71. The SMILES string of the molecule is CCCNC(=O)CCC(N)=O. The van der Waals surface area contributed by atoms with Crippen molar-refractivity contribution >= 4 is 11.8 Å². The van der Waals surface area contributed by atoms with Crippen LogP contribution in [-0.4, -0.2) is 18.4 Å². The van der Waals surface area contributed by atoms with Crippen LogP contribution in [0.25, 0.3) is 0 Å². The van der Waals surface area contributed by atoms with E-state index in [0.717, 1.165) is 6.42 Å². The Hall–Kier alpha value is -1.06. The van der Waals surface area contributed by atoms with Gasteiger partial charge in [-0.25, -0.2) is 0 Å². The summed E-state index contributed by atoms with van der Waals surface area (Å²) in [5, 5.41) is 2.64. The number of hydrogen-bond donors (Lipinski definition) is 2. The van der Waals surface area contributed by atoms with E-state index < -0.39 is 5.91 Å². The summed E-state index contributed by atoms with van der Waals surface area (Å²) in [5.41, 5.74) is 4.85. The van der Waals surface area contributed by atoms with Crippen molar-refractivity contribution in [2.75, 3.05) is 6.54 Å². The van der Waals surface area contributed by atoms with Gasteiger partial charge in [-0.1, -0.05) is 6.92 Å². The zero-order chi connectivity index (χ0) is 8.69. The highest BCUT2D eigenvalue weighted by molar-refractivity contribution is 5.82. The van der Waals surface area contributed by atoms with Crippen LogP contribution in [0.2, 0.25) is 0 Å². The molecule has 64 valence electrons. The highest BCUT2D eigenvalue weighted by atomic mass is 16.2. The number of nitrogens with one attached hydrogen (secondary N) is 1. The summed E-state index contributed by atoms with van der Waals surface area (Å²) in [7, 11) is 0. The monoisotopic (exact) mass is 158 g/mol. The van der Waals surface area contributed by atoms with E-state index in [9.17, 15) is 9.59 Å². The molecule has 0 aliphatic heterocycles. The predicted molar refractivity (Wildman–Crippen MR) is 41.7 cm³/mol. The summed E-state index contributed by atoms with van der Waals surface area (Å²) >= 11 is 0. The van der Waals surface area contributed by atoms with Gasteiger partial charge in [0.2, 0.25) is 11.8 Å². The van der Waals surface area contributed by atoms with Gasteiger partial charge in [0.05, 0.1) is 0 Å².